The normalized spacial score (nSPS) is 12.9. The van der Waals surface area contributed by atoms with E-state index in [2.05, 4.69) is 6.92 Å². The zero-order valence-corrected chi connectivity index (χ0v) is 12.0. The van der Waals surface area contributed by atoms with Crippen molar-refractivity contribution in [3.63, 3.8) is 0 Å². The summed E-state index contributed by atoms with van der Waals surface area (Å²) in [6.07, 6.45) is 7.52. The monoisotopic (exact) mass is 268 g/mol. The molecule has 0 unspecified atom stereocenters. The lowest BCUT2D eigenvalue weighted by Crippen LogP contribution is -2.10. The van der Waals surface area contributed by atoms with Crippen molar-refractivity contribution in [3.8, 4) is 0 Å². The molecule has 0 rings (SSSR count). The van der Waals surface area contributed by atoms with Crippen LogP contribution in [-0.2, 0) is 15.5 Å². The molecule has 0 aliphatic rings. The van der Waals surface area contributed by atoms with E-state index in [9.17, 15) is 4.21 Å². The number of rotatable bonds is 12. The molecule has 0 heterocycles. The van der Waals surface area contributed by atoms with Gasteiger partial charge in [0.15, 0.2) is 0 Å². The largest absolute Gasteiger partial charge is 0.379 e. The minimum Gasteiger partial charge on any atom is -0.379 e. The molecule has 16 heavy (non-hydrogen) atoms. The molecule has 0 aliphatic carbocycles. The first-order chi connectivity index (χ1) is 7.81. The second-order valence-electron chi connectivity index (χ2n) is 3.92. The van der Waals surface area contributed by atoms with E-state index in [1.165, 1.54) is 32.1 Å². The van der Waals surface area contributed by atoms with Crippen molar-refractivity contribution in [1.29, 1.82) is 0 Å². The molecule has 2 nitrogen and oxygen atoms in total. The maximum atomic E-state index is 11.5. The van der Waals surface area contributed by atoms with Gasteiger partial charge in [0.2, 0.25) is 0 Å². The van der Waals surface area contributed by atoms with Crippen molar-refractivity contribution in [2.24, 2.45) is 0 Å². The maximum Gasteiger partial charge on any atom is 0.0602 e. The first-order valence-corrected chi connectivity index (χ1v) is 8.32. The summed E-state index contributed by atoms with van der Waals surface area (Å²) in [6, 6.07) is 0. The van der Waals surface area contributed by atoms with Crippen LogP contribution in [0.3, 0.4) is 0 Å². The molecule has 0 bridgehead atoms. The highest BCUT2D eigenvalue weighted by Gasteiger charge is 1.99. The molecule has 0 spiro atoms. The van der Waals surface area contributed by atoms with Gasteiger partial charge >= 0.3 is 0 Å². The number of hydrogen-bond donors (Lipinski definition) is 0. The van der Waals surface area contributed by atoms with Crippen LogP contribution < -0.4 is 0 Å². The van der Waals surface area contributed by atoms with E-state index < -0.39 is 10.8 Å². The maximum absolute atomic E-state index is 11.5. The second kappa shape index (κ2) is 13.5. The highest BCUT2D eigenvalue weighted by atomic mass is 35.5. The standard InChI is InChI=1S/C12H25ClO2S/c1-2-3-4-5-6-7-11-16(14)12-10-15-9-8-13/h2-12H2,1H3/t16-/m1/s1. The second-order valence-corrected chi connectivity index (χ2v) is 5.99. The summed E-state index contributed by atoms with van der Waals surface area (Å²) in [4.78, 5) is 0. The average molecular weight is 269 g/mol. The van der Waals surface area contributed by atoms with E-state index >= 15 is 0 Å². The third-order valence-corrected chi connectivity index (χ3v) is 3.92. The van der Waals surface area contributed by atoms with Crippen LogP contribution in [0, 0.1) is 0 Å². The van der Waals surface area contributed by atoms with Crippen molar-refractivity contribution in [1.82, 2.24) is 0 Å². The van der Waals surface area contributed by atoms with E-state index in [0.717, 1.165) is 12.2 Å². The molecule has 0 aromatic heterocycles. The Morgan fingerprint density at radius 2 is 1.69 bits per heavy atom. The minimum atomic E-state index is -0.699. The van der Waals surface area contributed by atoms with Crippen LogP contribution in [0.15, 0.2) is 0 Å². The highest BCUT2D eigenvalue weighted by molar-refractivity contribution is 7.84. The molecular formula is C12H25ClO2S. The predicted octanol–water partition coefficient (Wildman–Crippen LogP) is 3.35. The highest BCUT2D eigenvalue weighted by Crippen LogP contribution is 2.05. The van der Waals surface area contributed by atoms with Crippen molar-refractivity contribution >= 4 is 22.4 Å². The Morgan fingerprint density at radius 3 is 2.38 bits per heavy atom. The Labute approximate surface area is 108 Å². The summed E-state index contributed by atoms with van der Waals surface area (Å²) >= 11 is 5.46. The fourth-order valence-corrected chi connectivity index (χ4v) is 2.60. The molecule has 4 heteroatoms. The molecule has 98 valence electrons. The molecular weight excluding hydrogens is 244 g/mol. The summed E-state index contributed by atoms with van der Waals surface area (Å²) in [5.41, 5.74) is 0. The number of halogens is 1. The fraction of sp³-hybridized carbons (Fsp3) is 1.00. The van der Waals surface area contributed by atoms with E-state index in [4.69, 9.17) is 16.3 Å². The predicted molar refractivity (Wildman–Crippen MR) is 72.8 cm³/mol. The van der Waals surface area contributed by atoms with Crippen molar-refractivity contribution < 1.29 is 8.95 Å². The summed E-state index contributed by atoms with van der Waals surface area (Å²) < 4.78 is 16.7. The first kappa shape index (κ1) is 16.4. The topological polar surface area (TPSA) is 26.3 Å². The zero-order chi connectivity index (χ0) is 12.1. The minimum absolute atomic E-state index is 0.518. The molecule has 0 amide bonds. The summed E-state index contributed by atoms with van der Waals surface area (Å²) in [6.45, 7) is 3.36. The van der Waals surface area contributed by atoms with Crippen LogP contribution in [0.25, 0.3) is 0 Å². The van der Waals surface area contributed by atoms with Gasteiger partial charge in [0.05, 0.1) is 13.2 Å². The van der Waals surface area contributed by atoms with E-state index in [-0.39, 0.29) is 0 Å². The van der Waals surface area contributed by atoms with Gasteiger partial charge in [0, 0.05) is 28.2 Å². The van der Waals surface area contributed by atoms with Gasteiger partial charge < -0.3 is 4.74 Å². The molecule has 0 saturated carbocycles. The number of ether oxygens (including phenoxy) is 1. The fourth-order valence-electron chi connectivity index (χ4n) is 1.45. The van der Waals surface area contributed by atoms with Crippen LogP contribution in [-0.4, -0.2) is 34.8 Å². The van der Waals surface area contributed by atoms with Gasteiger partial charge in [-0.1, -0.05) is 39.0 Å². The van der Waals surface area contributed by atoms with Crippen LogP contribution in [0.5, 0.6) is 0 Å². The summed E-state index contributed by atoms with van der Waals surface area (Å²) in [7, 11) is -0.699. The van der Waals surface area contributed by atoms with Crippen LogP contribution in [0.2, 0.25) is 0 Å². The summed E-state index contributed by atoms with van der Waals surface area (Å²) in [5, 5.41) is 0. The van der Waals surface area contributed by atoms with Gasteiger partial charge in [-0.25, -0.2) is 0 Å². The van der Waals surface area contributed by atoms with Crippen molar-refractivity contribution in [3.05, 3.63) is 0 Å². The lowest BCUT2D eigenvalue weighted by atomic mass is 10.1. The molecule has 0 radical (unpaired) electrons. The lowest BCUT2D eigenvalue weighted by Gasteiger charge is -2.03. The molecule has 0 aromatic rings. The first-order valence-electron chi connectivity index (χ1n) is 6.30. The van der Waals surface area contributed by atoms with Crippen LogP contribution in [0.1, 0.15) is 45.4 Å². The molecule has 1 atom stereocenters. The molecule has 0 fully saturated rings. The van der Waals surface area contributed by atoms with E-state index in [1.807, 2.05) is 0 Å². The Hall–Kier alpha value is 0.400. The average Bonchev–Trinajstić information content (AvgIpc) is 2.29. The smallest absolute Gasteiger partial charge is 0.0602 e. The molecule has 0 saturated heterocycles. The SMILES string of the molecule is CCCCCCCC[S@@](=O)CCOCCCl. The molecule has 0 aliphatic heterocycles. The van der Waals surface area contributed by atoms with Gasteiger partial charge in [-0.05, 0) is 6.42 Å². The van der Waals surface area contributed by atoms with Gasteiger partial charge in [0.25, 0.3) is 0 Å². The van der Waals surface area contributed by atoms with Gasteiger partial charge in [-0.15, -0.1) is 11.6 Å². The molecule has 0 N–H and O–H groups in total. The lowest BCUT2D eigenvalue weighted by molar-refractivity contribution is 0.166. The van der Waals surface area contributed by atoms with Crippen LogP contribution >= 0.6 is 11.6 Å². The van der Waals surface area contributed by atoms with Crippen LogP contribution in [0.4, 0.5) is 0 Å². The third-order valence-electron chi connectivity index (χ3n) is 2.40. The molecule has 0 aromatic carbocycles. The third kappa shape index (κ3) is 12.5. The van der Waals surface area contributed by atoms with Crippen molar-refractivity contribution in [2.45, 2.75) is 45.4 Å². The number of hydrogen-bond acceptors (Lipinski definition) is 2. The Balaban J connectivity index is 3.11. The summed E-state index contributed by atoms with van der Waals surface area (Å²) in [5.74, 6) is 2.01. The van der Waals surface area contributed by atoms with E-state index in [0.29, 0.717) is 24.8 Å². The van der Waals surface area contributed by atoms with Gasteiger partial charge in [-0.2, -0.15) is 0 Å². The Kier molecular flexibility index (Phi) is 13.8. The Morgan fingerprint density at radius 1 is 1.00 bits per heavy atom. The number of unbranched alkanes of at least 4 members (excludes halogenated alkanes) is 5. The van der Waals surface area contributed by atoms with Crippen molar-refractivity contribution in [2.75, 3.05) is 30.6 Å². The van der Waals surface area contributed by atoms with Gasteiger partial charge in [0.1, 0.15) is 0 Å². The zero-order valence-electron chi connectivity index (χ0n) is 10.4. The number of alkyl halides is 1. The Bertz CT molecular complexity index is 165. The van der Waals surface area contributed by atoms with E-state index in [1.54, 1.807) is 0 Å². The quantitative estimate of drug-likeness (QED) is 0.401. The van der Waals surface area contributed by atoms with Gasteiger partial charge in [-0.3, -0.25) is 4.21 Å².